The highest BCUT2D eigenvalue weighted by Gasteiger charge is 2.70. The molecule has 0 bridgehead atoms. The maximum atomic E-state index is 13.7. The lowest BCUT2D eigenvalue weighted by atomic mass is 9.42. The molecule has 2 saturated carbocycles. The summed E-state index contributed by atoms with van der Waals surface area (Å²) in [5, 5.41) is 0. The smallest absolute Gasteiger partial charge is 0.317 e. The topological polar surface area (TPSA) is 126 Å². The molecule has 4 rings (SSSR count). The van der Waals surface area contributed by atoms with Crippen molar-refractivity contribution in [3.05, 3.63) is 24.2 Å². The van der Waals surface area contributed by atoms with Crippen molar-refractivity contribution in [3.8, 4) is 0 Å². The van der Waals surface area contributed by atoms with Gasteiger partial charge >= 0.3 is 17.9 Å². The number of Topliss-reactive ketones (excluding diaryl/α,β-unsaturated/α-hetero) is 2. The minimum atomic E-state index is -1.16. The summed E-state index contributed by atoms with van der Waals surface area (Å²) in [5.74, 6) is -5.59. The lowest BCUT2D eigenvalue weighted by Crippen LogP contribution is -2.67. The fraction of sp³-hybridized carbons (Fsp3) is 0.609. The van der Waals surface area contributed by atoms with E-state index in [1.54, 1.807) is 19.9 Å². The number of rotatable bonds is 3. The van der Waals surface area contributed by atoms with Crippen LogP contribution in [0.5, 0.6) is 0 Å². The van der Waals surface area contributed by atoms with E-state index < -0.39 is 58.7 Å². The Bertz CT molecular complexity index is 980. The molecule has 0 N–H and O–H groups in total. The highest BCUT2D eigenvalue weighted by atomic mass is 16.6. The summed E-state index contributed by atoms with van der Waals surface area (Å²) in [4.78, 5) is 64.4. The average molecular weight is 446 g/mol. The molecule has 9 heteroatoms. The highest BCUT2D eigenvalue weighted by Crippen LogP contribution is 2.64. The molecule has 0 amide bonds. The van der Waals surface area contributed by atoms with Crippen LogP contribution in [0, 0.1) is 28.6 Å². The molecule has 2 unspecified atom stereocenters. The van der Waals surface area contributed by atoms with E-state index in [0.29, 0.717) is 5.56 Å². The SMILES string of the molecule is COC(=O)[C@@H]1C[C@H](OC(C)=O)C(=O)C2[C@@]3(C)C[C@@H](c4ccoc4)OC(=O)C3C(=O)C[C@]21C. The van der Waals surface area contributed by atoms with Gasteiger partial charge in [0.25, 0.3) is 0 Å². The van der Waals surface area contributed by atoms with Gasteiger partial charge in [-0.25, -0.2) is 0 Å². The summed E-state index contributed by atoms with van der Waals surface area (Å²) in [6.45, 7) is 4.62. The maximum Gasteiger partial charge on any atom is 0.317 e. The van der Waals surface area contributed by atoms with Crippen molar-refractivity contribution in [3.63, 3.8) is 0 Å². The number of hydrogen-bond donors (Lipinski definition) is 0. The van der Waals surface area contributed by atoms with Gasteiger partial charge < -0.3 is 18.6 Å². The largest absolute Gasteiger partial charge is 0.472 e. The third kappa shape index (κ3) is 3.17. The van der Waals surface area contributed by atoms with Crippen molar-refractivity contribution in [2.75, 3.05) is 7.11 Å². The van der Waals surface area contributed by atoms with E-state index in [1.807, 2.05) is 0 Å². The number of esters is 3. The van der Waals surface area contributed by atoms with Crippen molar-refractivity contribution in [1.82, 2.24) is 0 Å². The van der Waals surface area contributed by atoms with Gasteiger partial charge in [0.15, 0.2) is 11.9 Å². The van der Waals surface area contributed by atoms with Crippen molar-refractivity contribution in [1.29, 1.82) is 0 Å². The van der Waals surface area contributed by atoms with Crippen LogP contribution in [0.4, 0.5) is 0 Å². The monoisotopic (exact) mass is 446 g/mol. The molecule has 0 radical (unpaired) electrons. The predicted molar refractivity (Wildman–Crippen MR) is 106 cm³/mol. The number of methoxy groups -OCH3 is 1. The van der Waals surface area contributed by atoms with E-state index in [-0.39, 0.29) is 30.8 Å². The molecular formula is C23H26O9. The van der Waals surface area contributed by atoms with Crippen molar-refractivity contribution in [2.24, 2.45) is 28.6 Å². The molecule has 7 atom stereocenters. The van der Waals surface area contributed by atoms with Gasteiger partial charge in [-0.15, -0.1) is 0 Å². The minimum absolute atomic E-state index is 0.0677. The van der Waals surface area contributed by atoms with E-state index in [0.717, 1.165) is 0 Å². The van der Waals surface area contributed by atoms with Gasteiger partial charge in [0.05, 0.1) is 25.6 Å². The van der Waals surface area contributed by atoms with Crippen LogP contribution in [0.2, 0.25) is 0 Å². The van der Waals surface area contributed by atoms with E-state index in [4.69, 9.17) is 18.6 Å². The molecule has 2 heterocycles. The molecule has 3 aliphatic rings. The molecule has 1 aromatic heterocycles. The van der Waals surface area contributed by atoms with Crippen LogP contribution in [0.15, 0.2) is 23.0 Å². The standard InChI is InChI=1S/C23H26O9/c1-11(24)31-15-7-13(20(27)29-4)22(2)8-14(25)17-21(28)32-16(12-5-6-30-10-12)9-23(17,3)19(22)18(15)26/h5-6,10,13,15-17,19H,7-9H2,1-4H3/t13-,15-,16-,17?,19?,22-,23-/m0/s1. The number of carbonyl (C=O) groups excluding carboxylic acids is 5. The van der Waals surface area contributed by atoms with Gasteiger partial charge in [-0.3, -0.25) is 24.0 Å². The Hall–Kier alpha value is -2.97. The van der Waals surface area contributed by atoms with Crippen molar-refractivity contribution in [2.45, 2.75) is 52.2 Å². The van der Waals surface area contributed by atoms with E-state index in [1.165, 1.54) is 26.6 Å². The summed E-state index contributed by atoms with van der Waals surface area (Å²) in [6.07, 6.45) is 0.989. The fourth-order valence-electron chi connectivity index (χ4n) is 6.37. The lowest BCUT2D eigenvalue weighted by Gasteiger charge is -2.60. The molecule has 0 spiro atoms. The number of furan rings is 1. The quantitative estimate of drug-likeness (QED) is 0.390. The van der Waals surface area contributed by atoms with Gasteiger partial charge in [0.2, 0.25) is 0 Å². The molecule has 172 valence electrons. The zero-order valence-electron chi connectivity index (χ0n) is 18.4. The second-order valence-electron chi connectivity index (χ2n) is 9.52. The minimum Gasteiger partial charge on any atom is -0.472 e. The molecule has 1 aliphatic heterocycles. The van der Waals surface area contributed by atoms with Crippen LogP contribution >= 0.6 is 0 Å². The molecule has 9 nitrogen and oxygen atoms in total. The van der Waals surface area contributed by atoms with Gasteiger partial charge in [-0.1, -0.05) is 13.8 Å². The average Bonchev–Trinajstić information content (AvgIpc) is 3.22. The number of cyclic esters (lactones) is 1. The Labute approximate surface area is 184 Å². The fourth-order valence-corrected chi connectivity index (χ4v) is 6.37. The Morgan fingerprint density at radius 3 is 2.47 bits per heavy atom. The van der Waals surface area contributed by atoms with Crippen LogP contribution in [0.25, 0.3) is 0 Å². The zero-order chi connectivity index (χ0) is 23.4. The zero-order valence-corrected chi connectivity index (χ0v) is 18.4. The summed E-state index contributed by atoms with van der Waals surface area (Å²) in [6, 6.07) is 1.66. The highest BCUT2D eigenvalue weighted by molar-refractivity contribution is 6.05. The Kier molecular flexibility index (Phi) is 5.26. The first kappa shape index (κ1) is 22.2. The van der Waals surface area contributed by atoms with Crippen LogP contribution < -0.4 is 0 Å². The van der Waals surface area contributed by atoms with Crippen LogP contribution in [-0.2, 0) is 38.2 Å². The second kappa shape index (κ2) is 7.56. The van der Waals surface area contributed by atoms with E-state index >= 15 is 0 Å². The first-order valence-corrected chi connectivity index (χ1v) is 10.6. The number of hydrogen-bond acceptors (Lipinski definition) is 9. The Balaban J connectivity index is 1.84. The lowest BCUT2D eigenvalue weighted by molar-refractivity contribution is -0.208. The van der Waals surface area contributed by atoms with Gasteiger partial charge in [0.1, 0.15) is 17.8 Å². The molecule has 2 aliphatic carbocycles. The second-order valence-corrected chi connectivity index (χ2v) is 9.52. The van der Waals surface area contributed by atoms with Gasteiger partial charge in [-0.2, -0.15) is 0 Å². The summed E-state index contributed by atoms with van der Waals surface area (Å²) in [7, 11) is 1.24. The van der Waals surface area contributed by atoms with Gasteiger partial charge in [0, 0.05) is 36.7 Å². The predicted octanol–water partition coefficient (Wildman–Crippen LogP) is 2.18. The third-order valence-corrected chi connectivity index (χ3v) is 7.53. The molecule has 32 heavy (non-hydrogen) atoms. The number of fused-ring (bicyclic) bond motifs is 3. The number of ether oxygens (including phenoxy) is 3. The summed E-state index contributed by atoms with van der Waals surface area (Å²) in [5.41, 5.74) is -1.63. The summed E-state index contributed by atoms with van der Waals surface area (Å²) < 4.78 is 21.0. The third-order valence-electron chi connectivity index (χ3n) is 7.53. The van der Waals surface area contributed by atoms with E-state index in [2.05, 4.69) is 0 Å². The molecular weight excluding hydrogens is 420 g/mol. The Morgan fingerprint density at radius 2 is 1.88 bits per heavy atom. The molecule has 0 aromatic carbocycles. The van der Waals surface area contributed by atoms with Crippen LogP contribution in [0.1, 0.15) is 51.7 Å². The summed E-state index contributed by atoms with van der Waals surface area (Å²) >= 11 is 0. The van der Waals surface area contributed by atoms with Crippen molar-refractivity contribution >= 4 is 29.5 Å². The number of ketones is 2. The first-order chi connectivity index (χ1) is 15.0. The van der Waals surface area contributed by atoms with Crippen LogP contribution in [-0.4, -0.2) is 42.7 Å². The Morgan fingerprint density at radius 1 is 1.16 bits per heavy atom. The molecule has 1 aromatic rings. The molecule has 1 saturated heterocycles. The van der Waals surface area contributed by atoms with Gasteiger partial charge in [-0.05, 0) is 17.9 Å². The van der Waals surface area contributed by atoms with Crippen molar-refractivity contribution < 1.29 is 42.6 Å². The molecule has 3 fully saturated rings. The first-order valence-electron chi connectivity index (χ1n) is 10.6. The normalized spacial score (nSPS) is 38.9. The van der Waals surface area contributed by atoms with Crippen LogP contribution in [0.3, 0.4) is 0 Å². The van der Waals surface area contributed by atoms with E-state index in [9.17, 15) is 24.0 Å². The maximum absolute atomic E-state index is 13.7. The number of carbonyl (C=O) groups is 5.